The van der Waals surface area contributed by atoms with Gasteiger partial charge in [0.15, 0.2) is 0 Å². The number of aromatic nitrogens is 1. The molecule has 45 heavy (non-hydrogen) atoms. The van der Waals surface area contributed by atoms with Crippen molar-refractivity contribution in [2.24, 2.45) is 0 Å². The predicted octanol–water partition coefficient (Wildman–Crippen LogP) is 4.64. The first-order valence-corrected chi connectivity index (χ1v) is 15.1. The quantitative estimate of drug-likeness (QED) is 0.310. The summed E-state index contributed by atoms with van der Waals surface area (Å²) < 4.78 is 20.6. The second kappa shape index (κ2) is 14.3. The molecule has 5 rings (SSSR count). The SMILES string of the molecule is Cc1cccc(-c2nc(CN3CC(=O)NCCCc4ccc(F)c(c4)C(=O)N[C@H](C)C(=O)N[C@@H](c4ccccc4)C3)c(C)o2)c1. The van der Waals surface area contributed by atoms with Gasteiger partial charge < -0.3 is 20.4 Å². The zero-order valence-electron chi connectivity index (χ0n) is 25.7. The van der Waals surface area contributed by atoms with E-state index in [1.165, 1.54) is 12.1 Å². The van der Waals surface area contributed by atoms with Crippen LogP contribution in [0, 0.1) is 19.7 Å². The van der Waals surface area contributed by atoms with Crippen LogP contribution < -0.4 is 16.0 Å². The summed E-state index contributed by atoms with van der Waals surface area (Å²) in [6.07, 6.45) is 1.14. The third-order valence-corrected chi connectivity index (χ3v) is 7.84. The number of fused-ring (bicyclic) bond motifs is 2. The van der Waals surface area contributed by atoms with E-state index in [4.69, 9.17) is 9.40 Å². The van der Waals surface area contributed by atoms with Gasteiger partial charge in [0.1, 0.15) is 17.6 Å². The van der Waals surface area contributed by atoms with Gasteiger partial charge in [-0.15, -0.1) is 0 Å². The van der Waals surface area contributed by atoms with Gasteiger partial charge in [-0.05, 0) is 69.0 Å². The van der Waals surface area contributed by atoms with E-state index in [1.807, 2.05) is 73.3 Å². The number of nitrogens with zero attached hydrogens (tertiary/aromatic N) is 2. The number of oxazole rings is 1. The molecule has 1 aliphatic heterocycles. The maximum atomic E-state index is 14.6. The highest BCUT2D eigenvalue weighted by atomic mass is 19.1. The number of amides is 3. The Bertz CT molecular complexity index is 1670. The Morgan fingerprint density at radius 2 is 1.78 bits per heavy atom. The first kappa shape index (κ1) is 31.6. The number of nitrogens with one attached hydrogen (secondary N) is 3. The third kappa shape index (κ3) is 8.21. The standard InChI is InChI=1S/C35H38FN5O4/c1-22-9-7-13-27(17-22)35-40-30(24(3)45-35)19-41-20-31(26-11-5-4-6-12-26)39-33(43)23(2)38-34(44)28-18-25(14-15-29(28)36)10-8-16-37-32(42)21-41/h4-7,9,11-15,17-18,23,31H,8,10,16,19-21H2,1-3H3,(H,37,42)(H,38,44)(H,39,43)/t23-,31-/m1/s1. The second-order valence-corrected chi connectivity index (χ2v) is 11.5. The highest BCUT2D eigenvalue weighted by Gasteiger charge is 2.26. The molecule has 9 nitrogen and oxygen atoms in total. The Morgan fingerprint density at radius 3 is 2.56 bits per heavy atom. The summed E-state index contributed by atoms with van der Waals surface area (Å²) in [5, 5.41) is 8.65. The molecule has 0 fully saturated rings. The lowest BCUT2D eigenvalue weighted by molar-refractivity contribution is -0.123. The third-order valence-electron chi connectivity index (χ3n) is 7.84. The molecule has 0 saturated heterocycles. The number of carbonyl (C=O) groups is 3. The maximum absolute atomic E-state index is 14.6. The van der Waals surface area contributed by atoms with Gasteiger partial charge in [-0.25, -0.2) is 9.37 Å². The Balaban J connectivity index is 1.44. The van der Waals surface area contributed by atoms with Crippen molar-refractivity contribution >= 4 is 17.7 Å². The number of hydrogen-bond donors (Lipinski definition) is 3. The number of aryl methyl sites for hydroxylation is 3. The summed E-state index contributed by atoms with van der Waals surface area (Å²) in [7, 11) is 0. The smallest absolute Gasteiger partial charge is 0.254 e. The first-order chi connectivity index (χ1) is 21.7. The molecule has 2 atom stereocenters. The average Bonchev–Trinajstić information content (AvgIpc) is 3.39. The van der Waals surface area contributed by atoms with Crippen LogP contribution >= 0.6 is 0 Å². The second-order valence-electron chi connectivity index (χ2n) is 11.5. The van der Waals surface area contributed by atoms with Crippen molar-refractivity contribution in [2.75, 3.05) is 19.6 Å². The van der Waals surface area contributed by atoms with Gasteiger partial charge >= 0.3 is 0 Å². The highest BCUT2D eigenvalue weighted by molar-refractivity contribution is 5.97. The molecule has 1 aliphatic rings. The summed E-state index contributed by atoms with van der Waals surface area (Å²) in [4.78, 5) is 46.3. The van der Waals surface area contributed by atoms with Crippen LogP contribution in [-0.4, -0.2) is 53.3 Å². The number of hydrogen-bond acceptors (Lipinski definition) is 6. The van der Waals surface area contributed by atoms with Gasteiger partial charge in [-0.3, -0.25) is 19.3 Å². The van der Waals surface area contributed by atoms with E-state index in [0.717, 1.165) is 22.3 Å². The van der Waals surface area contributed by atoms with Crippen LogP contribution in [0.4, 0.5) is 4.39 Å². The lowest BCUT2D eigenvalue weighted by atomic mass is 10.0. The van der Waals surface area contributed by atoms with Gasteiger partial charge in [0, 0.05) is 25.2 Å². The number of benzene rings is 3. The Morgan fingerprint density at radius 1 is 0.978 bits per heavy atom. The molecule has 3 aromatic carbocycles. The molecule has 4 aromatic rings. The Kier molecular flexibility index (Phi) is 10.0. The lowest BCUT2D eigenvalue weighted by Crippen LogP contribution is -2.48. The monoisotopic (exact) mass is 611 g/mol. The van der Waals surface area contributed by atoms with Gasteiger partial charge in [0.05, 0.1) is 23.8 Å². The average molecular weight is 612 g/mol. The van der Waals surface area contributed by atoms with Crippen molar-refractivity contribution in [1.82, 2.24) is 25.8 Å². The summed E-state index contributed by atoms with van der Waals surface area (Å²) in [6.45, 7) is 6.43. The number of halogens is 1. The van der Waals surface area contributed by atoms with Crippen molar-refractivity contribution in [3.63, 3.8) is 0 Å². The van der Waals surface area contributed by atoms with Crippen LogP contribution in [0.15, 0.2) is 77.2 Å². The van der Waals surface area contributed by atoms with Crippen LogP contribution in [0.1, 0.15) is 57.9 Å². The minimum Gasteiger partial charge on any atom is -0.441 e. The van der Waals surface area contributed by atoms with Crippen molar-refractivity contribution in [1.29, 1.82) is 0 Å². The summed E-state index contributed by atoms with van der Waals surface area (Å²) in [6, 6.07) is 20.2. The molecule has 0 radical (unpaired) electrons. The van der Waals surface area contributed by atoms with Crippen LogP contribution in [0.25, 0.3) is 11.5 Å². The van der Waals surface area contributed by atoms with Crippen molar-refractivity contribution in [3.05, 3.63) is 112 Å². The predicted molar refractivity (Wildman–Crippen MR) is 169 cm³/mol. The molecule has 2 heterocycles. The van der Waals surface area contributed by atoms with E-state index in [2.05, 4.69) is 16.0 Å². The Hall–Kier alpha value is -4.83. The molecule has 2 bridgehead atoms. The molecule has 3 amide bonds. The molecule has 0 aliphatic carbocycles. The van der Waals surface area contributed by atoms with E-state index < -0.39 is 29.7 Å². The summed E-state index contributed by atoms with van der Waals surface area (Å²) >= 11 is 0. The van der Waals surface area contributed by atoms with Crippen molar-refractivity contribution in [2.45, 2.75) is 52.2 Å². The Labute approximate surface area is 262 Å². The summed E-state index contributed by atoms with van der Waals surface area (Å²) in [5.41, 5.74) is 4.09. The van der Waals surface area contributed by atoms with E-state index in [9.17, 15) is 18.8 Å². The largest absolute Gasteiger partial charge is 0.441 e. The van der Waals surface area contributed by atoms with Crippen LogP contribution in [0.3, 0.4) is 0 Å². The van der Waals surface area contributed by atoms with E-state index in [0.29, 0.717) is 43.3 Å². The molecule has 1 aromatic heterocycles. The van der Waals surface area contributed by atoms with E-state index in [-0.39, 0.29) is 24.6 Å². The molecule has 10 heteroatoms. The molecule has 0 saturated carbocycles. The van der Waals surface area contributed by atoms with Crippen molar-refractivity contribution in [3.8, 4) is 11.5 Å². The van der Waals surface area contributed by atoms with Crippen LogP contribution in [-0.2, 0) is 22.6 Å². The fourth-order valence-electron chi connectivity index (χ4n) is 5.37. The zero-order valence-corrected chi connectivity index (χ0v) is 25.7. The van der Waals surface area contributed by atoms with E-state index >= 15 is 0 Å². The topological polar surface area (TPSA) is 117 Å². The van der Waals surface area contributed by atoms with Gasteiger partial charge in [0.25, 0.3) is 5.91 Å². The van der Waals surface area contributed by atoms with Crippen molar-refractivity contribution < 1.29 is 23.2 Å². The minimum atomic E-state index is -0.950. The fourth-order valence-corrected chi connectivity index (χ4v) is 5.37. The minimum absolute atomic E-state index is 0.0538. The molecule has 0 spiro atoms. The zero-order chi connectivity index (χ0) is 31.9. The molecular weight excluding hydrogens is 573 g/mol. The normalized spacial score (nSPS) is 18.9. The van der Waals surface area contributed by atoms with Crippen LogP contribution in [0.2, 0.25) is 0 Å². The molecule has 0 unspecified atom stereocenters. The first-order valence-electron chi connectivity index (χ1n) is 15.1. The summed E-state index contributed by atoms with van der Waals surface area (Å²) in [5.74, 6) is -0.816. The van der Waals surface area contributed by atoms with Gasteiger partial charge in [-0.2, -0.15) is 0 Å². The number of carbonyl (C=O) groups excluding carboxylic acids is 3. The number of rotatable bonds is 4. The van der Waals surface area contributed by atoms with Crippen LogP contribution in [0.5, 0.6) is 0 Å². The maximum Gasteiger partial charge on any atom is 0.254 e. The fraction of sp³-hybridized carbons (Fsp3) is 0.314. The van der Waals surface area contributed by atoms with Gasteiger partial charge in [-0.1, -0.05) is 54.1 Å². The highest BCUT2D eigenvalue weighted by Crippen LogP contribution is 2.24. The van der Waals surface area contributed by atoms with E-state index in [1.54, 1.807) is 13.0 Å². The lowest BCUT2D eigenvalue weighted by Gasteiger charge is -2.28. The molecule has 3 N–H and O–H groups in total. The molecular formula is C35H38FN5O4. The molecule has 234 valence electrons. The van der Waals surface area contributed by atoms with Gasteiger partial charge in [0.2, 0.25) is 17.7 Å².